The Labute approximate surface area is 201 Å². The molecule has 2 aliphatic heterocycles. The standard InChI is InChI=1S/C23H30N6O6/c30-21(31)17-15-16(35-23(34-15)9-5-2-6-10-23)20(33-17)29-12-26-14-18(24-11-25-19(14)29)28-22(32)27-13-7-3-1-4-8-13/h11-13,15-17,20H,1-10H2,(H,30,31)(H2,24,25,27,28,32)/t15?,16-,17-,20+/m0/s1. The highest BCUT2D eigenvalue weighted by atomic mass is 16.8. The number of imidazole rings is 1. The highest BCUT2D eigenvalue weighted by Crippen LogP contribution is 2.49. The van der Waals surface area contributed by atoms with Crippen molar-refractivity contribution in [1.82, 2.24) is 24.8 Å². The molecule has 0 aromatic carbocycles. The van der Waals surface area contributed by atoms with Gasteiger partial charge >= 0.3 is 12.0 Å². The number of carboxylic acid groups (broad SMARTS) is 1. The Morgan fingerprint density at radius 2 is 1.74 bits per heavy atom. The van der Waals surface area contributed by atoms with Crippen LogP contribution in [0.5, 0.6) is 0 Å². The lowest BCUT2D eigenvalue weighted by Crippen LogP contribution is -2.39. The van der Waals surface area contributed by atoms with Gasteiger partial charge in [-0.2, -0.15) is 0 Å². The Hall–Kier alpha value is -2.83. The molecule has 2 aromatic heterocycles. The Balaban J connectivity index is 1.25. The summed E-state index contributed by atoms with van der Waals surface area (Å²) < 4.78 is 20.2. The minimum absolute atomic E-state index is 0.155. The zero-order valence-electron chi connectivity index (χ0n) is 19.4. The van der Waals surface area contributed by atoms with Gasteiger partial charge in [0.2, 0.25) is 0 Å². The van der Waals surface area contributed by atoms with Crippen LogP contribution in [0.3, 0.4) is 0 Å². The zero-order valence-corrected chi connectivity index (χ0v) is 19.4. The first-order valence-electron chi connectivity index (χ1n) is 12.5. The van der Waals surface area contributed by atoms with Crippen LogP contribution >= 0.6 is 0 Å². The monoisotopic (exact) mass is 486 g/mol. The molecule has 12 heteroatoms. The summed E-state index contributed by atoms with van der Waals surface area (Å²) in [5.41, 5.74) is 0.799. The minimum Gasteiger partial charge on any atom is -0.479 e. The van der Waals surface area contributed by atoms with E-state index in [1.54, 1.807) is 4.57 Å². The van der Waals surface area contributed by atoms with E-state index < -0.39 is 36.3 Å². The number of carbonyl (C=O) groups excluding carboxylic acids is 1. The molecule has 1 unspecified atom stereocenters. The number of fused-ring (bicyclic) bond motifs is 2. The number of aromatic nitrogens is 4. The highest BCUT2D eigenvalue weighted by Gasteiger charge is 2.61. The lowest BCUT2D eigenvalue weighted by molar-refractivity contribution is -0.231. The second-order valence-corrected chi connectivity index (χ2v) is 9.90. The third-order valence-corrected chi connectivity index (χ3v) is 7.55. The fourth-order valence-electron chi connectivity index (χ4n) is 5.87. The number of carbonyl (C=O) groups is 2. The Morgan fingerprint density at radius 1 is 1.00 bits per heavy atom. The third kappa shape index (κ3) is 4.13. The fourth-order valence-corrected chi connectivity index (χ4v) is 5.87. The number of carboxylic acids is 1. The lowest BCUT2D eigenvalue weighted by atomic mass is 9.94. The summed E-state index contributed by atoms with van der Waals surface area (Å²) in [6.07, 6.45) is 9.45. The molecule has 2 amide bonds. The Morgan fingerprint density at radius 3 is 2.51 bits per heavy atom. The van der Waals surface area contributed by atoms with E-state index in [-0.39, 0.29) is 17.9 Å². The van der Waals surface area contributed by atoms with Gasteiger partial charge in [0.15, 0.2) is 35.1 Å². The van der Waals surface area contributed by atoms with Crippen LogP contribution in [0.4, 0.5) is 10.6 Å². The molecular weight excluding hydrogens is 456 g/mol. The smallest absolute Gasteiger partial charge is 0.335 e. The van der Waals surface area contributed by atoms with Crippen molar-refractivity contribution in [3.63, 3.8) is 0 Å². The van der Waals surface area contributed by atoms with Crippen LogP contribution in [-0.4, -0.2) is 66.8 Å². The summed E-state index contributed by atoms with van der Waals surface area (Å²) in [7, 11) is 0. The number of urea groups is 1. The van der Waals surface area contributed by atoms with Crippen molar-refractivity contribution in [2.24, 2.45) is 0 Å². The van der Waals surface area contributed by atoms with E-state index in [9.17, 15) is 14.7 Å². The first kappa shape index (κ1) is 22.6. The lowest BCUT2D eigenvalue weighted by Gasteiger charge is -2.33. The second-order valence-electron chi connectivity index (χ2n) is 9.90. The van der Waals surface area contributed by atoms with Crippen LogP contribution in [0.15, 0.2) is 12.7 Å². The number of nitrogens with one attached hydrogen (secondary N) is 2. The van der Waals surface area contributed by atoms with E-state index in [2.05, 4.69) is 25.6 Å². The van der Waals surface area contributed by atoms with Crippen LogP contribution in [0.2, 0.25) is 0 Å². The zero-order chi connectivity index (χ0) is 24.0. The number of nitrogens with zero attached hydrogens (tertiary/aromatic N) is 4. The Bertz CT molecular complexity index is 1110. The quantitative estimate of drug-likeness (QED) is 0.593. The largest absolute Gasteiger partial charge is 0.479 e. The number of rotatable bonds is 4. The number of hydrogen-bond donors (Lipinski definition) is 3. The fraction of sp³-hybridized carbons (Fsp3) is 0.696. The van der Waals surface area contributed by atoms with Gasteiger partial charge < -0.3 is 24.6 Å². The van der Waals surface area contributed by atoms with Crippen molar-refractivity contribution in [2.75, 3.05) is 5.32 Å². The molecule has 0 radical (unpaired) electrons. The molecule has 1 spiro atoms. The van der Waals surface area contributed by atoms with Gasteiger partial charge in [-0.25, -0.2) is 24.5 Å². The average Bonchev–Trinajstić information content (AvgIpc) is 3.52. The van der Waals surface area contributed by atoms with Crippen molar-refractivity contribution in [3.05, 3.63) is 12.7 Å². The van der Waals surface area contributed by atoms with Gasteiger partial charge in [-0.1, -0.05) is 25.7 Å². The highest BCUT2D eigenvalue weighted by molar-refractivity contribution is 5.96. The maximum atomic E-state index is 12.6. The van der Waals surface area contributed by atoms with Crippen molar-refractivity contribution >= 4 is 29.0 Å². The summed E-state index contributed by atoms with van der Waals surface area (Å²) in [6, 6.07) is -0.177. The summed E-state index contributed by atoms with van der Waals surface area (Å²) in [5.74, 6) is -1.59. The molecule has 4 atom stereocenters. The number of amides is 2. The molecule has 2 saturated carbocycles. The number of ether oxygens (including phenoxy) is 3. The molecular formula is C23H30N6O6. The molecule has 4 heterocycles. The van der Waals surface area contributed by atoms with Gasteiger partial charge in [-0.3, -0.25) is 9.88 Å². The van der Waals surface area contributed by atoms with Crippen LogP contribution in [-0.2, 0) is 19.0 Å². The van der Waals surface area contributed by atoms with Crippen LogP contribution in [0.1, 0.15) is 70.4 Å². The van der Waals surface area contributed by atoms with Crippen molar-refractivity contribution in [1.29, 1.82) is 0 Å². The van der Waals surface area contributed by atoms with E-state index in [1.165, 1.54) is 19.1 Å². The maximum absolute atomic E-state index is 12.6. The molecule has 0 bridgehead atoms. The van der Waals surface area contributed by atoms with E-state index in [1.807, 2.05) is 0 Å². The summed E-state index contributed by atoms with van der Waals surface area (Å²) >= 11 is 0. The molecule has 2 aliphatic carbocycles. The van der Waals surface area contributed by atoms with Gasteiger partial charge in [0.05, 0.1) is 6.33 Å². The number of hydrogen-bond acceptors (Lipinski definition) is 8. The average molecular weight is 487 g/mol. The molecule has 3 N–H and O–H groups in total. The van der Waals surface area contributed by atoms with Crippen molar-refractivity contribution in [3.8, 4) is 0 Å². The van der Waals surface area contributed by atoms with Gasteiger partial charge in [0, 0.05) is 18.9 Å². The normalized spacial score (nSPS) is 30.4. The topological polar surface area (TPSA) is 150 Å². The van der Waals surface area contributed by atoms with Gasteiger partial charge in [-0.15, -0.1) is 0 Å². The second kappa shape index (κ2) is 8.99. The van der Waals surface area contributed by atoms with Crippen LogP contribution < -0.4 is 10.6 Å². The first-order chi connectivity index (χ1) is 17.0. The summed E-state index contributed by atoms with van der Waals surface area (Å²) in [5, 5.41) is 15.6. The molecule has 188 valence electrons. The van der Waals surface area contributed by atoms with Crippen molar-refractivity contribution in [2.45, 2.75) is 101 Å². The molecule has 35 heavy (non-hydrogen) atoms. The third-order valence-electron chi connectivity index (χ3n) is 7.55. The SMILES string of the molecule is O=C(Nc1ncnc2c1ncn2[C@@H]1O[C@H](C(=O)O)C2OC3(CCCCC3)O[C@@H]21)NC1CCCCC1. The maximum Gasteiger partial charge on any atom is 0.335 e. The van der Waals surface area contributed by atoms with Gasteiger partial charge in [0.25, 0.3) is 0 Å². The van der Waals surface area contributed by atoms with Crippen LogP contribution in [0, 0.1) is 0 Å². The van der Waals surface area contributed by atoms with E-state index >= 15 is 0 Å². The van der Waals surface area contributed by atoms with E-state index in [0.717, 1.165) is 57.8 Å². The number of anilines is 1. The van der Waals surface area contributed by atoms with Gasteiger partial charge in [0.1, 0.15) is 18.5 Å². The first-order valence-corrected chi connectivity index (χ1v) is 12.5. The summed E-state index contributed by atoms with van der Waals surface area (Å²) in [4.78, 5) is 37.5. The molecule has 12 nitrogen and oxygen atoms in total. The van der Waals surface area contributed by atoms with Crippen LogP contribution in [0.25, 0.3) is 11.2 Å². The molecule has 4 aliphatic rings. The van der Waals surface area contributed by atoms with E-state index in [4.69, 9.17) is 14.2 Å². The predicted octanol–water partition coefficient (Wildman–Crippen LogP) is 2.71. The Kier molecular flexibility index (Phi) is 5.81. The summed E-state index contributed by atoms with van der Waals surface area (Å²) in [6.45, 7) is 0. The predicted molar refractivity (Wildman–Crippen MR) is 121 cm³/mol. The molecule has 4 fully saturated rings. The van der Waals surface area contributed by atoms with Gasteiger partial charge in [-0.05, 0) is 25.7 Å². The molecule has 6 rings (SSSR count). The number of aliphatic carboxylic acids is 1. The minimum atomic E-state index is -1.16. The van der Waals surface area contributed by atoms with Crippen molar-refractivity contribution < 1.29 is 28.9 Å². The van der Waals surface area contributed by atoms with E-state index in [0.29, 0.717) is 11.2 Å². The molecule has 2 aromatic rings. The molecule has 2 saturated heterocycles.